The Balaban J connectivity index is 2.13. The first-order chi connectivity index (χ1) is 10.7. The molecule has 2 aromatic carbocycles. The van der Waals surface area contributed by atoms with Gasteiger partial charge in [-0.2, -0.15) is 0 Å². The third-order valence-electron chi connectivity index (χ3n) is 3.09. The van der Waals surface area contributed by atoms with Crippen molar-refractivity contribution in [3.05, 3.63) is 72.3 Å². The molecule has 0 heterocycles. The highest BCUT2D eigenvalue weighted by Crippen LogP contribution is 2.22. The fourth-order valence-corrected chi connectivity index (χ4v) is 1.98. The lowest BCUT2D eigenvalue weighted by Crippen LogP contribution is -2.23. The van der Waals surface area contributed by atoms with E-state index < -0.39 is 0 Å². The van der Waals surface area contributed by atoms with Crippen LogP contribution in [0.1, 0.15) is 15.9 Å². The van der Waals surface area contributed by atoms with Gasteiger partial charge in [-0.1, -0.05) is 24.3 Å². The van der Waals surface area contributed by atoms with Crippen molar-refractivity contribution in [2.45, 2.75) is 6.61 Å². The van der Waals surface area contributed by atoms with E-state index in [0.717, 1.165) is 11.3 Å². The highest BCUT2D eigenvalue weighted by Gasteiger charge is 2.10. The number of amides is 1. The lowest BCUT2D eigenvalue weighted by molar-refractivity contribution is 0.0958. The molecule has 0 aliphatic heterocycles. The number of nitrogens with one attached hydrogen (secondary N) is 1. The van der Waals surface area contributed by atoms with Crippen molar-refractivity contribution in [2.75, 3.05) is 13.7 Å². The molecule has 0 bridgehead atoms. The molecule has 0 fully saturated rings. The molecule has 2 rings (SSSR count). The highest BCUT2D eigenvalue weighted by atomic mass is 16.5. The van der Waals surface area contributed by atoms with Crippen LogP contribution in [0.15, 0.2) is 61.2 Å². The molecule has 0 aliphatic carbocycles. The lowest BCUT2D eigenvalue weighted by Gasteiger charge is -2.12. The number of methoxy groups -OCH3 is 1. The Morgan fingerprint density at radius 1 is 1.23 bits per heavy atom. The largest absolute Gasteiger partial charge is 0.496 e. The minimum absolute atomic E-state index is 0.150. The maximum Gasteiger partial charge on any atom is 0.251 e. The van der Waals surface area contributed by atoms with Crippen molar-refractivity contribution in [3.8, 4) is 11.5 Å². The van der Waals surface area contributed by atoms with Crippen LogP contribution < -0.4 is 14.8 Å². The molecule has 4 nitrogen and oxygen atoms in total. The Labute approximate surface area is 130 Å². The number of ether oxygens (including phenoxy) is 2. The Hall–Kier alpha value is -2.75. The van der Waals surface area contributed by atoms with E-state index in [1.165, 1.54) is 0 Å². The molecule has 0 aromatic heterocycles. The molecule has 0 aliphatic rings. The van der Waals surface area contributed by atoms with Crippen molar-refractivity contribution in [3.63, 3.8) is 0 Å². The van der Waals surface area contributed by atoms with Crippen molar-refractivity contribution >= 4 is 5.91 Å². The van der Waals surface area contributed by atoms with E-state index in [-0.39, 0.29) is 5.91 Å². The summed E-state index contributed by atoms with van der Waals surface area (Å²) in [7, 11) is 1.60. The van der Waals surface area contributed by atoms with Gasteiger partial charge in [0.15, 0.2) is 0 Å². The summed E-state index contributed by atoms with van der Waals surface area (Å²) in [6.07, 6.45) is 1.64. The van der Waals surface area contributed by atoms with Gasteiger partial charge in [0, 0.05) is 17.7 Å². The monoisotopic (exact) mass is 297 g/mol. The van der Waals surface area contributed by atoms with Crippen LogP contribution in [-0.2, 0) is 6.61 Å². The molecule has 0 atom stereocenters. The summed E-state index contributed by atoms with van der Waals surface area (Å²) in [6.45, 7) is 4.34. The van der Waals surface area contributed by atoms with Gasteiger partial charge < -0.3 is 14.8 Å². The lowest BCUT2D eigenvalue weighted by atomic mass is 10.1. The first-order valence-electron chi connectivity index (χ1n) is 6.98. The average Bonchev–Trinajstić information content (AvgIpc) is 2.58. The molecule has 1 N–H and O–H groups in total. The van der Waals surface area contributed by atoms with Gasteiger partial charge in [0.05, 0.1) is 7.11 Å². The van der Waals surface area contributed by atoms with E-state index in [9.17, 15) is 4.79 Å². The normalized spacial score (nSPS) is 9.86. The van der Waals surface area contributed by atoms with Crippen molar-refractivity contribution < 1.29 is 14.3 Å². The summed E-state index contributed by atoms with van der Waals surface area (Å²) in [6, 6.07) is 14.8. The van der Waals surface area contributed by atoms with Crippen LogP contribution in [0.4, 0.5) is 0 Å². The fraction of sp³-hybridized carbons (Fsp3) is 0.167. The van der Waals surface area contributed by atoms with Crippen LogP contribution in [0.25, 0.3) is 0 Å². The summed E-state index contributed by atoms with van der Waals surface area (Å²) in [4.78, 5) is 12.0. The quantitative estimate of drug-likeness (QED) is 0.798. The van der Waals surface area contributed by atoms with Gasteiger partial charge in [-0.3, -0.25) is 4.79 Å². The fourth-order valence-electron chi connectivity index (χ4n) is 1.98. The van der Waals surface area contributed by atoms with Gasteiger partial charge in [0.25, 0.3) is 5.91 Å². The first-order valence-corrected chi connectivity index (χ1v) is 6.98. The molecule has 0 saturated heterocycles. The topological polar surface area (TPSA) is 47.6 Å². The molecule has 1 amide bonds. The predicted octanol–water partition coefficient (Wildman–Crippen LogP) is 3.19. The third-order valence-corrected chi connectivity index (χ3v) is 3.09. The van der Waals surface area contributed by atoms with Crippen LogP contribution in [0, 0.1) is 0 Å². The van der Waals surface area contributed by atoms with Crippen molar-refractivity contribution in [2.24, 2.45) is 0 Å². The van der Waals surface area contributed by atoms with Crippen LogP contribution in [0.2, 0.25) is 0 Å². The van der Waals surface area contributed by atoms with Crippen molar-refractivity contribution in [1.82, 2.24) is 5.32 Å². The van der Waals surface area contributed by atoms with E-state index in [0.29, 0.717) is 24.5 Å². The number of para-hydroxylation sites is 1. The Morgan fingerprint density at radius 3 is 2.68 bits per heavy atom. The van der Waals surface area contributed by atoms with E-state index in [2.05, 4.69) is 11.9 Å². The van der Waals surface area contributed by atoms with Gasteiger partial charge in [-0.05, 0) is 30.3 Å². The zero-order valence-corrected chi connectivity index (χ0v) is 12.5. The number of rotatable bonds is 7. The third kappa shape index (κ3) is 4.12. The number of hydrogen-bond acceptors (Lipinski definition) is 3. The van der Waals surface area contributed by atoms with Crippen LogP contribution in [0.5, 0.6) is 11.5 Å². The standard InChI is InChI=1S/C18H19NO3/c1-3-11-19-18(20)14-9-10-17(21-2)15(12-14)13-22-16-7-5-4-6-8-16/h3-10,12H,1,11,13H2,2H3,(H,19,20). The second kappa shape index (κ2) is 7.88. The molecule has 22 heavy (non-hydrogen) atoms. The number of carbonyl (C=O) groups is 1. The van der Waals surface area contributed by atoms with Gasteiger partial charge in [0.1, 0.15) is 18.1 Å². The molecular formula is C18H19NO3. The van der Waals surface area contributed by atoms with E-state index in [4.69, 9.17) is 9.47 Å². The summed E-state index contributed by atoms with van der Waals surface area (Å²) >= 11 is 0. The van der Waals surface area contributed by atoms with Gasteiger partial charge in [0.2, 0.25) is 0 Å². The second-order valence-electron chi connectivity index (χ2n) is 4.63. The Morgan fingerprint density at radius 2 is 2.00 bits per heavy atom. The predicted molar refractivity (Wildman–Crippen MR) is 86.3 cm³/mol. The minimum Gasteiger partial charge on any atom is -0.496 e. The molecule has 0 saturated carbocycles. The first kappa shape index (κ1) is 15.6. The van der Waals surface area contributed by atoms with E-state index in [1.54, 1.807) is 31.4 Å². The molecule has 2 aromatic rings. The number of carbonyl (C=O) groups excluding carboxylic acids is 1. The SMILES string of the molecule is C=CCNC(=O)c1ccc(OC)c(COc2ccccc2)c1. The zero-order valence-electron chi connectivity index (χ0n) is 12.5. The summed E-state index contributed by atoms with van der Waals surface area (Å²) in [5.74, 6) is 1.31. The summed E-state index contributed by atoms with van der Waals surface area (Å²) in [5.41, 5.74) is 1.38. The van der Waals surface area contributed by atoms with Gasteiger partial charge in [-0.15, -0.1) is 6.58 Å². The summed E-state index contributed by atoms with van der Waals surface area (Å²) < 4.78 is 11.0. The van der Waals surface area contributed by atoms with Gasteiger partial charge >= 0.3 is 0 Å². The van der Waals surface area contributed by atoms with Crippen LogP contribution >= 0.6 is 0 Å². The van der Waals surface area contributed by atoms with Crippen LogP contribution in [-0.4, -0.2) is 19.6 Å². The maximum atomic E-state index is 12.0. The van der Waals surface area contributed by atoms with E-state index in [1.807, 2.05) is 30.3 Å². The second-order valence-corrected chi connectivity index (χ2v) is 4.63. The molecule has 4 heteroatoms. The highest BCUT2D eigenvalue weighted by molar-refractivity contribution is 5.94. The molecule has 0 unspecified atom stereocenters. The molecular weight excluding hydrogens is 278 g/mol. The Bertz CT molecular complexity index is 638. The minimum atomic E-state index is -0.150. The molecule has 0 spiro atoms. The van der Waals surface area contributed by atoms with Gasteiger partial charge in [-0.25, -0.2) is 0 Å². The zero-order chi connectivity index (χ0) is 15.8. The smallest absolute Gasteiger partial charge is 0.251 e. The van der Waals surface area contributed by atoms with Crippen LogP contribution in [0.3, 0.4) is 0 Å². The Kier molecular flexibility index (Phi) is 5.60. The van der Waals surface area contributed by atoms with E-state index >= 15 is 0 Å². The average molecular weight is 297 g/mol. The number of hydrogen-bond donors (Lipinski definition) is 1. The summed E-state index contributed by atoms with van der Waals surface area (Å²) in [5, 5.41) is 2.75. The molecule has 114 valence electrons. The number of benzene rings is 2. The molecule has 0 radical (unpaired) electrons. The maximum absolute atomic E-state index is 12.0. The van der Waals surface area contributed by atoms with Crippen molar-refractivity contribution in [1.29, 1.82) is 0 Å².